The minimum absolute atomic E-state index is 0.155. The van der Waals surface area contributed by atoms with E-state index in [9.17, 15) is 14.4 Å². The molecule has 0 spiro atoms. The van der Waals surface area contributed by atoms with E-state index in [1.807, 2.05) is 12.1 Å². The number of pyridine rings is 1. The maximum absolute atomic E-state index is 12.9. The van der Waals surface area contributed by atoms with Crippen molar-refractivity contribution in [3.8, 4) is 0 Å². The lowest BCUT2D eigenvalue weighted by molar-refractivity contribution is -0.114. The minimum atomic E-state index is -0.666. The summed E-state index contributed by atoms with van der Waals surface area (Å²) in [6.07, 6.45) is 4.65. The molecule has 1 aliphatic rings. The second-order valence-electron chi connectivity index (χ2n) is 9.25. The van der Waals surface area contributed by atoms with Gasteiger partial charge in [0.2, 0.25) is 5.91 Å². The van der Waals surface area contributed by atoms with E-state index in [1.54, 1.807) is 42.7 Å². The fourth-order valence-corrected chi connectivity index (χ4v) is 4.31. The molecule has 0 radical (unpaired) electrons. The third-order valence-electron chi connectivity index (χ3n) is 6.35. The van der Waals surface area contributed by atoms with Crippen molar-refractivity contribution in [1.82, 2.24) is 4.98 Å². The number of hydrogen-bond donors (Lipinski definition) is 5. The molecule has 1 saturated heterocycles. The SMILES string of the molecule is CC(=O)Nc1ccc(NC(=O)c2cccc(C(=N)N)c2)c(NC(=O)OCC2CCN(c3ccncc3)CC2)c1. The Morgan fingerprint density at radius 1 is 0.974 bits per heavy atom. The summed E-state index contributed by atoms with van der Waals surface area (Å²) in [5, 5.41) is 15.7. The maximum Gasteiger partial charge on any atom is 0.411 e. The molecule has 39 heavy (non-hydrogen) atoms. The number of benzene rings is 2. The molecule has 0 saturated carbocycles. The second-order valence-corrected chi connectivity index (χ2v) is 9.25. The van der Waals surface area contributed by atoms with Crippen LogP contribution in [0.25, 0.3) is 0 Å². The standard InChI is InChI=1S/C28H31N7O4/c1-18(36)32-22-5-6-24(33-27(37)21-4-2-3-20(15-21)26(29)30)25(16-22)34-28(38)39-17-19-9-13-35(14-10-19)23-7-11-31-12-8-23/h2-8,11-12,15-16,19H,9-10,13-14,17H2,1H3,(H3,29,30)(H,32,36)(H,33,37)(H,34,38). The summed E-state index contributed by atoms with van der Waals surface area (Å²) in [4.78, 5) is 43.5. The molecule has 2 aromatic carbocycles. The number of carbonyl (C=O) groups is 3. The first-order valence-electron chi connectivity index (χ1n) is 12.5. The number of carbonyl (C=O) groups excluding carboxylic acids is 3. The number of nitrogen functional groups attached to an aromatic ring is 1. The lowest BCUT2D eigenvalue weighted by Gasteiger charge is -2.33. The molecule has 4 rings (SSSR count). The lowest BCUT2D eigenvalue weighted by Crippen LogP contribution is -2.35. The zero-order valence-corrected chi connectivity index (χ0v) is 21.6. The average Bonchev–Trinajstić information content (AvgIpc) is 2.94. The van der Waals surface area contributed by atoms with Crippen LogP contribution in [0.5, 0.6) is 0 Å². The number of amides is 3. The summed E-state index contributed by atoms with van der Waals surface area (Å²) in [5.41, 5.74) is 8.38. The Morgan fingerprint density at radius 2 is 1.69 bits per heavy atom. The van der Waals surface area contributed by atoms with Crippen molar-refractivity contribution in [2.24, 2.45) is 11.7 Å². The highest BCUT2D eigenvalue weighted by molar-refractivity contribution is 6.08. The quantitative estimate of drug-likeness (QED) is 0.217. The Hall–Kier alpha value is -4.93. The summed E-state index contributed by atoms with van der Waals surface area (Å²) in [6, 6.07) is 15.0. The summed E-state index contributed by atoms with van der Waals surface area (Å²) >= 11 is 0. The Kier molecular flexibility index (Phi) is 8.72. The van der Waals surface area contributed by atoms with Gasteiger partial charge in [0.15, 0.2) is 0 Å². The normalized spacial score (nSPS) is 13.3. The smallest absolute Gasteiger partial charge is 0.411 e. The fraction of sp³-hybridized carbons (Fsp3) is 0.250. The van der Waals surface area contributed by atoms with Crippen LogP contribution in [0, 0.1) is 11.3 Å². The molecule has 2 heterocycles. The summed E-state index contributed by atoms with van der Waals surface area (Å²) in [7, 11) is 0. The van der Waals surface area contributed by atoms with E-state index in [1.165, 1.54) is 19.1 Å². The Labute approximate surface area is 226 Å². The van der Waals surface area contributed by atoms with Crippen molar-refractivity contribution in [3.63, 3.8) is 0 Å². The van der Waals surface area contributed by atoms with Gasteiger partial charge >= 0.3 is 6.09 Å². The number of anilines is 4. The van der Waals surface area contributed by atoms with E-state index in [0.29, 0.717) is 22.5 Å². The molecule has 3 aromatic rings. The maximum atomic E-state index is 12.9. The number of nitrogens with two attached hydrogens (primary N) is 1. The van der Waals surface area contributed by atoms with Crippen molar-refractivity contribution in [2.45, 2.75) is 19.8 Å². The van der Waals surface area contributed by atoms with Crippen molar-refractivity contribution >= 4 is 46.5 Å². The van der Waals surface area contributed by atoms with Crippen LogP contribution >= 0.6 is 0 Å². The van der Waals surface area contributed by atoms with Gasteiger partial charge in [0.1, 0.15) is 5.84 Å². The number of hydrogen-bond acceptors (Lipinski definition) is 7. The Balaban J connectivity index is 1.39. The van der Waals surface area contributed by atoms with Crippen LogP contribution in [0.3, 0.4) is 0 Å². The molecule has 1 aliphatic heterocycles. The van der Waals surface area contributed by atoms with E-state index >= 15 is 0 Å². The number of amidine groups is 1. The van der Waals surface area contributed by atoms with Gasteiger partial charge < -0.3 is 26.0 Å². The molecular weight excluding hydrogens is 498 g/mol. The summed E-state index contributed by atoms with van der Waals surface area (Å²) < 4.78 is 5.52. The predicted octanol–water partition coefficient (Wildman–Crippen LogP) is 4.04. The van der Waals surface area contributed by atoms with E-state index in [2.05, 4.69) is 25.8 Å². The van der Waals surface area contributed by atoms with Crippen LogP contribution in [0.1, 0.15) is 35.7 Å². The van der Waals surface area contributed by atoms with Gasteiger partial charge in [0.05, 0.1) is 18.0 Å². The number of piperidine rings is 1. The zero-order chi connectivity index (χ0) is 27.8. The molecule has 0 bridgehead atoms. The van der Waals surface area contributed by atoms with Crippen molar-refractivity contribution < 1.29 is 19.1 Å². The van der Waals surface area contributed by atoms with E-state index in [4.69, 9.17) is 15.9 Å². The largest absolute Gasteiger partial charge is 0.449 e. The zero-order valence-electron chi connectivity index (χ0n) is 21.6. The molecule has 11 heteroatoms. The molecule has 11 nitrogen and oxygen atoms in total. The van der Waals surface area contributed by atoms with E-state index in [-0.39, 0.29) is 30.0 Å². The molecule has 202 valence electrons. The third-order valence-corrected chi connectivity index (χ3v) is 6.35. The van der Waals surface area contributed by atoms with Crippen molar-refractivity contribution in [1.29, 1.82) is 5.41 Å². The Bertz CT molecular complexity index is 1360. The van der Waals surface area contributed by atoms with Crippen LogP contribution in [0.15, 0.2) is 67.0 Å². The molecular formula is C28H31N7O4. The molecule has 1 fully saturated rings. The van der Waals surface area contributed by atoms with Crippen LogP contribution < -0.4 is 26.6 Å². The highest BCUT2D eigenvalue weighted by Crippen LogP contribution is 2.28. The number of nitrogens with one attached hydrogen (secondary N) is 4. The highest BCUT2D eigenvalue weighted by atomic mass is 16.5. The first-order chi connectivity index (χ1) is 18.8. The van der Waals surface area contributed by atoms with Crippen molar-refractivity contribution in [2.75, 3.05) is 40.5 Å². The van der Waals surface area contributed by atoms with Crippen molar-refractivity contribution in [3.05, 3.63) is 78.1 Å². The van der Waals surface area contributed by atoms with Gasteiger partial charge in [-0.25, -0.2) is 4.79 Å². The van der Waals surface area contributed by atoms with Gasteiger partial charge in [-0.2, -0.15) is 0 Å². The summed E-state index contributed by atoms with van der Waals surface area (Å²) in [6.45, 7) is 3.36. The summed E-state index contributed by atoms with van der Waals surface area (Å²) in [5.74, 6) is -0.660. The van der Waals surface area contributed by atoms with Gasteiger partial charge in [-0.05, 0) is 61.2 Å². The van der Waals surface area contributed by atoms with E-state index in [0.717, 1.165) is 31.6 Å². The first-order valence-corrected chi connectivity index (χ1v) is 12.5. The highest BCUT2D eigenvalue weighted by Gasteiger charge is 2.21. The molecule has 1 aromatic heterocycles. The van der Waals surface area contributed by atoms with Gasteiger partial charge in [-0.3, -0.25) is 25.3 Å². The average molecular weight is 530 g/mol. The van der Waals surface area contributed by atoms with Crippen LogP contribution in [0.2, 0.25) is 0 Å². The predicted molar refractivity (Wildman–Crippen MR) is 150 cm³/mol. The third kappa shape index (κ3) is 7.54. The van der Waals surface area contributed by atoms with Gasteiger partial charge in [-0.15, -0.1) is 0 Å². The number of rotatable bonds is 8. The number of nitrogens with zero attached hydrogens (tertiary/aromatic N) is 2. The first kappa shape index (κ1) is 27.1. The molecule has 0 aliphatic carbocycles. The monoisotopic (exact) mass is 529 g/mol. The van der Waals surface area contributed by atoms with E-state index < -0.39 is 12.0 Å². The Morgan fingerprint density at radius 3 is 2.38 bits per heavy atom. The molecule has 6 N–H and O–H groups in total. The molecule has 0 atom stereocenters. The topological polar surface area (TPSA) is 163 Å². The number of aromatic nitrogens is 1. The number of ether oxygens (including phenoxy) is 1. The molecule has 3 amide bonds. The fourth-order valence-electron chi connectivity index (χ4n) is 4.31. The van der Waals surface area contributed by atoms with Crippen LogP contribution in [-0.2, 0) is 9.53 Å². The second kappa shape index (κ2) is 12.5. The van der Waals surface area contributed by atoms with Gasteiger partial charge in [0.25, 0.3) is 5.91 Å². The van der Waals surface area contributed by atoms with Crippen LogP contribution in [-0.4, -0.2) is 48.4 Å². The molecule has 0 unspecified atom stereocenters. The van der Waals surface area contributed by atoms with Gasteiger partial charge in [-0.1, -0.05) is 12.1 Å². The minimum Gasteiger partial charge on any atom is -0.449 e. The van der Waals surface area contributed by atoms with Crippen LogP contribution in [0.4, 0.5) is 27.5 Å². The lowest BCUT2D eigenvalue weighted by atomic mass is 9.97. The van der Waals surface area contributed by atoms with Gasteiger partial charge in [0, 0.05) is 54.9 Å².